The van der Waals surface area contributed by atoms with Crippen LogP contribution in [-0.4, -0.2) is 30.4 Å². The minimum Gasteiger partial charge on any atom is -0.395 e. The van der Waals surface area contributed by atoms with Gasteiger partial charge in [-0.1, -0.05) is 0 Å². The van der Waals surface area contributed by atoms with Crippen LogP contribution in [0.4, 0.5) is 8.78 Å². The molecule has 3 aliphatic rings. The summed E-state index contributed by atoms with van der Waals surface area (Å²) in [6, 6.07) is 6.73. The lowest BCUT2D eigenvalue weighted by Gasteiger charge is -2.15. The third kappa shape index (κ3) is 3.38. The first-order valence-electron chi connectivity index (χ1n) is 8.80. The third-order valence-corrected chi connectivity index (χ3v) is 4.73. The summed E-state index contributed by atoms with van der Waals surface area (Å²) in [6.45, 7) is 0.240. The largest absolute Gasteiger partial charge is 0.586 e. The molecule has 1 aromatic heterocycles. The normalized spacial score (nSPS) is 14.2. The number of halogens is 3. The topological polar surface area (TPSA) is 101 Å². The predicted octanol–water partition coefficient (Wildman–Crippen LogP) is 2.31. The smallest absolute Gasteiger partial charge is 0.395 e. The summed E-state index contributed by atoms with van der Waals surface area (Å²) in [6.07, 6.45) is 0.867. The molecule has 0 spiro atoms. The molecule has 31 heavy (non-hydrogen) atoms. The van der Waals surface area contributed by atoms with Crippen LogP contribution in [0.3, 0.4) is 0 Å². The van der Waals surface area contributed by atoms with Crippen LogP contribution in [0, 0.1) is 0 Å². The summed E-state index contributed by atoms with van der Waals surface area (Å²) in [5, 5.41) is 0.0935. The van der Waals surface area contributed by atoms with E-state index in [9.17, 15) is 18.4 Å². The molecule has 5 rings (SSSR count). The van der Waals surface area contributed by atoms with Gasteiger partial charge in [0.2, 0.25) is 5.28 Å². The molecule has 0 atom stereocenters. The summed E-state index contributed by atoms with van der Waals surface area (Å²) in [5.74, 6) is -0.346. The number of fused-ring (bicyclic) bond motifs is 2. The van der Waals surface area contributed by atoms with Crippen LogP contribution in [-0.2, 0) is 6.54 Å². The van der Waals surface area contributed by atoms with Gasteiger partial charge in [-0.15, -0.1) is 8.78 Å². The van der Waals surface area contributed by atoms with E-state index in [4.69, 9.17) is 11.6 Å². The van der Waals surface area contributed by atoms with Gasteiger partial charge in [0, 0.05) is 30.2 Å². The molecule has 156 valence electrons. The second-order valence-corrected chi connectivity index (χ2v) is 6.91. The predicted molar refractivity (Wildman–Crippen MR) is 103 cm³/mol. The van der Waals surface area contributed by atoms with E-state index in [-0.39, 0.29) is 40.4 Å². The van der Waals surface area contributed by atoms with Gasteiger partial charge in [-0.2, -0.15) is 4.98 Å². The van der Waals surface area contributed by atoms with Crippen LogP contribution in [0.1, 0.15) is 5.56 Å². The number of aromatic nitrogens is 5. The molecule has 0 N–H and O–H groups in total. The SMILES string of the molecule is O=c1nc2n(Cc3cnc(Cl)nc3)cccc-2c(=O)n1-c1ccc2c(c1)OC(F)(F)O2. The van der Waals surface area contributed by atoms with Crippen molar-refractivity contribution in [1.82, 2.24) is 24.1 Å². The number of ether oxygens (including phenoxy) is 2. The first kappa shape index (κ1) is 19.1. The van der Waals surface area contributed by atoms with Gasteiger partial charge < -0.3 is 14.0 Å². The van der Waals surface area contributed by atoms with Crippen molar-refractivity contribution in [3.8, 4) is 28.6 Å². The fraction of sp³-hybridized carbons (Fsp3) is 0.105. The summed E-state index contributed by atoms with van der Waals surface area (Å²) >= 11 is 5.69. The number of pyridine rings is 1. The minimum absolute atomic E-state index is 0.0194. The Kier molecular flexibility index (Phi) is 4.22. The summed E-state index contributed by atoms with van der Waals surface area (Å²) in [4.78, 5) is 37.6. The molecule has 12 heteroatoms. The molecule has 9 nitrogen and oxygen atoms in total. The van der Waals surface area contributed by atoms with Crippen molar-refractivity contribution in [2.24, 2.45) is 0 Å². The van der Waals surface area contributed by atoms with Crippen molar-refractivity contribution in [1.29, 1.82) is 0 Å². The van der Waals surface area contributed by atoms with Crippen molar-refractivity contribution < 1.29 is 18.3 Å². The zero-order valence-electron chi connectivity index (χ0n) is 15.3. The first-order chi connectivity index (χ1) is 14.8. The first-order valence-corrected chi connectivity index (χ1v) is 9.17. The lowest BCUT2D eigenvalue weighted by molar-refractivity contribution is -0.286. The van der Waals surface area contributed by atoms with E-state index < -0.39 is 17.5 Å². The van der Waals surface area contributed by atoms with Crippen LogP contribution in [0.5, 0.6) is 11.5 Å². The van der Waals surface area contributed by atoms with Crippen LogP contribution in [0.15, 0.2) is 58.5 Å². The molecule has 0 unspecified atom stereocenters. The van der Waals surface area contributed by atoms with Crippen molar-refractivity contribution in [2.45, 2.75) is 12.8 Å². The zero-order valence-corrected chi connectivity index (χ0v) is 16.1. The van der Waals surface area contributed by atoms with E-state index in [0.717, 1.165) is 10.6 Å². The molecule has 0 bridgehead atoms. The fourth-order valence-electron chi connectivity index (χ4n) is 3.23. The van der Waals surface area contributed by atoms with Gasteiger partial charge in [0.15, 0.2) is 17.3 Å². The maximum atomic E-state index is 13.3. The lowest BCUT2D eigenvalue weighted by atomic mass is 10.2. The second-order valence-electron chi connectivity index (χ2n) is 6.57. The van der Waals surface area contributed by atoms with Gasteiger partial charge in [-0.3, -0.25) is 4.79 Å². The molecular formula is C19H10ClF2N5O4. The van der Waals surface area contributed by atoms with Crippen molar-refractivity contribution in [3.63, 3.8) is 0 Å². The molecule has 0 saturated carbocycles. The number of hydrogen-bond acceptors (Lipinski definition) is 7. The summed E-state index contributed by atoms with van der Waals surface area (Å²) in [7, 11) is 0. The monoisotopic (exact) mass is 445 g/mol. The maximum Gasteiger partial charge on any atom is 0.586 e. The molecule has 3 aliphatic heterocycles. The van der Waals surface area contributed by atoms with E-state index in [0.29, 0.717) is 5.56 Å². The van der Waals surface area contributed by atoms with Gasteiger partial charge in [0.1, 0.15) is 0 Å². The van der Waals surface area contributed by atoms with Gasteiger partial charge in [0.05, 0.1) is 17.8 Å². The number of benzene rings is 1. The van der Waals surface area contributed by atoms with Gasteiger partial charge >= 0.3 is 12.0 Å². The number of rotatable bonds is 3. The Balaban J connectivity index is 1.61. The number of alkyl halides is 2. The quantitative estimate of drug-likeness (QED) is 0.446. The fourth-order valence-corrected chi connectivity index (χ4v) is 3.33. The molecule has 1 aromatic carbocycles. The molecular weight excluding hydrogens is 436 g/mol. The van der Waals surface area contributed by atoms with Crippen molar-refractivity contribution in [3.05, 3.63) is 80.6 Å². The molecule has 0 saturated heterocycles. The molecule has 0 fully saturated rings. The van der Waals surface area contributed by atoms with E-state index in [1.54, 1.807) is 16.8 Å². The van der Waals surface area contributed by atoms with Gasteiger partial charge in [-0.05, 0) is 35.9 Å². The Hall–Kier alpha value is -3.86. The Morgan fingerprint density at radius 2 is 1.81 bits per heavy atom. The molecule has 4 heterocycles. The Morgan fingerprint density at radius 1 is 1.06 bits per heavy atom. The highest BCUT2D eigenvalue weighted by Crippen LogP contribution is 2.41. The van der Waals surface area contributed by atoms with Crippen LogP contribution < -0.4 is 20.7 Å². The maximum absolute atomic E-state index is 13.3. The van der Waals surface area contributed by atoms with E-state index in [1.807, 2.05) is 0 Å². The van der Waals surface area contributed by atoms with Gasteiger partial charge in [0.25, 0.3) is 5.56 Å². The highest BCUT2D eigenvalue weighted by Gasteiger charge is 2.43. The molecule has 0 amide bonds. The van der Waals surface area contributed by atoms with Crippen molar-refractivity contribution >= 4 is 11.6 Å². The van der Waals surface area contributed by atoms with E-state index in [1.165, 1.54) is 30.6 Å². The second kappa shape index (κ2) is 6.84. The molecule has 0 radical (unpaired) electrons. The third-order valence-electron chi connectivity index (χ3n) is 4.54. The highest BCUT2D eigenvalue weighted by molar-refractivity contribution is 6.28. The van der Waals surface area contributed by atoms with Gasteiger partial charge in [-0.25, -0.2) is 19.3 Å². The highest BCUT2D eigenvalue weighted by atomic mass is 35.5. The standard InChI is InChI=1S/C19H10ClF2N5O4/c20-17-23-7-10(8-24-17)9-26-5-1-2-12-15(26)25-18(29)27(16(12)28)11-3-4-13-14(6-11)31-19(21,22)30-13/h1-8H,9H2. The van der Waals surface area contributed by atoms with E-state index >= 15 is 0 Å². The van der Waals surface area contributed by atoms with E-state index in [2.05, 4.69) is 24.4 Å². The molecule has 2 aromatic rings. The average molecular weight is 446 g/mol. The Morgan fingerprint density at radius 3 is 2.58 bits per heavy atom. The van der Waals surface area contributed by atoms with Crippen LogP contribution in [0.25, 0.3) is 17.1 Å². The number of hydrogen-bond donors (Lipinski definition) is 0. The summed E-state index contributed by atoms with van der Waals surface area (Å²) < 4.78 is 37.7. The molecule has 0 aliphatic carbocycles. The van der Waals surface area contributed by atoms with Crippen LogP contribution in [0.2, 0.25) is 5.28 Å². The minimum atomic E-state index is -3.81. The number of nitrogens with zero attached hydrogens (tertiary/aromatic N) is 5. The summed E-state index contributed by atoms with van der Waals surface area (Å²) in [5.41, 5.74) is -0.694. The average Bonchev–Trinajstić information content (AvgIpc) is 3.03. The Labute approximate surface area is 176 Å². The Bertz CT molecular complexity index is 1400. The van der Waals surface area contributed by atoms with Crippen LogP contribution >= 0.6 is 11.6 Å². The van der Waals surface area contributed by atoms with Crippen molar-refractivity contribution in [2.75, 3.05) is 0 Å². The lowest BCUT2D eigenvalue weighted by Crippen LogP contribution is -2.36. The zero-order chi connectivity index (χ0) is 21.8.